The number of rotatable bonds is 4. The van der Waals surface area contributed by atoms with E-state index in [1.165, 1.54) is 31.7 Å². The summed E-state index contributed by atoms with van der Waals surface area (Å²) >= 11 is 0. The van der Waals surface area contributed by atoms with Crippen LogP contribution in [-0.2, 0) is 6.42 Å². The highest BCUT2D eigenvalue weighted by Gasteiger charge is 2.28. The lowest BCUT2D eigenvalue weighted by molar-refractivity contribution is 0.0556. The summed E-state index contributed by atoms with van der Waals surface area (Å²) in [4.78, 5) is 19.8. The summed E-state index contributed by atoms with van der Waals surface area (Å²) in [6.07, 6.45) is 3.29. The number of hydrogen-bond acceptors (Lipinski definition) is 3. The van der Waals surface area contributed by atoms with Crippen LogP contribution in [0.3, 0.4) is 0 Å². The lowest BCUT2D eigenvalue weighted by Gasteiger charge is -2.41. The fourth-order valence-electron chi connectivity index (χ4n) is 4.16. The van der Waals surface area contributed by atoms with Crippen molar-refractivity contribution in [1.29, 1.82) is 0 Å². The van der Waals surface area contributed by atoms with Gasteiger partial charge in [0.15, 0.2) is 0 Å². The molecule has 2 fully saturated rings. The average Bonchev–Trinajstić information content (AvgIpc) is 2.64. The summed E-state index contributed by atoms with van der Waals surface area (Å²) in [5.41, 5.74) is 2.12. The van der Waals surface area contributed by atoms with Crippen molar-refractivity contribution in [3.63, 3.8) is 0 Å². The predicted octanol–water partition coefficient (Wildman–Crippen LogP) is 2.74. The van der Waals surface area contributed by atoms with Gasteiger partial charge in [-0.25, -0.2) is 0 Å². The molecule has 3 rings (SSSR count). The Morgan fingerprint density at radius 3 is 2.36 bits per heavy atom. The van der Waals surface area contributed by atoms with Gasteiger partial charge in [0.1, 0.15) is 0 Å². The van der Waals surface area contributed by atoms with Gasteiger partial charge >= 0.3 is 0 Å². The molecule has 0 aliphatic carbocycles. The second kappa shape index (κ2) is 8.33. The third-order valence-electron chi connectivity index (χ3n) is 5.97. The summed E-state index contributed by atoms with van der Waals surface area (Å²) in [6.45, 7) is 11.0. The van der Waals surface area contributed by atoms with E-state index in [0.29, 0.717) is 6.04 Å². The summed E-state index contributed by atoms with van der Waals surface area (Å²) in [5.74, 6) is 0.937. The predicted molar refractivity (Wildman–Crippen MR) is 103 cm³/mol. The molecule has 4 heteroatoms. The molecule has 0 saturated carbocycles. The molecule has 0 spiro atoms. The van der Waals surface area contributed by atoms with Gasteiger partial charge in [-0.05, 0) is 56.8 Å². The number of carbonyl (C=O) groups excluding carboxylic acids is 1. The number of piperidine rings is 1. The maximum atomic E-state index is 12.7. The smallest absolute Gasteiger partial charge is 0.253 e. The molecule has 0 aromatic heterocycles. The van der Waals surface area contributed by atoms with E-state index in [9.17, 15) is 4.79 Å². The highest BCUT2D eigenvalue weighted by atomic mass is 16.2. The zero-order chi connectivity index (χ0) is 17.8. The van der Waals surface area contributed by atoms with E-state index < -0.39 is 0 Å². The molecule has 4 nitrogen and oxygen atoms in total. The lowest BCUT2D eigenvalue weighted by atomic mass is 9.94. The molecular formula is C21H33N3O. The fraction of sp³-hybridized carbons (Fsp3) is 0.667. The maximum Gasteiger partial charge on any atom is 0.253 e. The Morgan fingerprint density at radius 1 is 1.08 bits per heavy atom. The second-order valence-electron chi connectivity index (χ2n) is 7.89. The first-order valence-corrected chi connectivity index (χ1v) is 9.87. The van der Waals surface area contributed by atoms with Gasteiger partial charge in [0.2, 0.25) is 0 Å². The first-order chi connectivity index (χ1) is 12.1. The van der Waals surface area contributed by atoms with Gasteiger partial charge in [0.25, 0.3) is 5.91 Å². The molecule has 1 atom stereocenters. The molecular weight excluding hydrogens is 310 g/mol. The van der Waals surface area contributed by atoms with Crippen LogP contribution in [0.15, 0.2) is 24.3 Å². The van der Waals surface area contributed by atoms with Crippen LogP contribution in [0.2, 0.25) is 0 Å². The van der Waals surface area contributed by atoms with Crippen LogP contribution in [0.4, 0.5) is 0 Å². The van der Waals surface area contributed by atoms with Crippen molar-refractivity contribution in [3.05, 3.63) is 35.4 Å². The number of benzene rings is 1. The Balaban J connectivity index is 1.48. The maximum absolute atomic E-state index is 12.7. The van der Waals surface area contributed by atoms with Gasteiger partial charge in [-0.2, -0.15) is 0 Å². The van der Waals surface area contributed by atoms with Crippen molar-refractivity contribution < 1.29 is 4.79 Å². The molecule has 2 aliphatic heterocycles. The van der Waals surface area contributed by atoms with Crippen LogP contribution in [0.5, 0.6) is 0 Å². The van der Waals surface area contributed by atoms with Crippen molar-refractivity contribution in [1.82, 2.24) is 14.7 Å². The van der Waals surface area contributed by atoms with Gasteiger partial charge in [0, 0.05) is 50.9 Å². The molecule has 2 aliphatic rings. The van der Waals surface area contributed by atoms with Crippen molar-refractivity contribution in [2.45, 2.75) is 39.2 Å². The van der Waals surface area contributed by atoms with Crippen LogP contribution < -0.4 is 0 Å². The quantitative estimate of drug-likeness (QED) is 0.841. The minimum absolute atomic E-state index is 0.203. The Hall–Kier alpha value is -1.39. The largest absolute Gasteiger partial charge is 0.339 e. The number of nitrogens with zero attached hydrogens (tertiary/aromatic N) is 3. The fourth-order valence-corrected chi connectivity index (χ4v) is 4.16. The van der Waals surface area contributed by atoms with E-state index in [0.717, 1.165) is 43.8 Å². The van der Waals surface area contributed by atoms with E-state index in [1.807, 2.05) is 17.0 Å². The highest BCUT2D eigenvalue weighted by Crippen LogP contribution is 2.22. The molecule has 25 heavy (non-hydrogen) atoms. The molecule has 0 N–H and O–H groups in total. The van der Waals surface area contributed by atoms with Gasteiger partial charge in [-0.15, -0.1) is 0 Å². The standard InChI is InChI=1S/C21H33N3O/c1-4-18-5-7-20(8-6-18)21(25)23-11-9-19(10-12-23)16-24-14-13-22(3)15-17(24)2/h5-8,17,19H,4,9-16H2,1-3H3. The topological polar surface area (TPSA) is 26.8 Å². The molecule has 138 valence electrons. The van der Waals surface area contributed by atoms with Crippen molar-refractivity contribution in [2.75, 3.05) is 46.3 Å². The van der Waals surface area contributed by atoms with Crippen LogP contribution >= 0.6 is 0 Å². The van der Waals surface area contributed by atoms with E-state index >= 15 is 0 Å². The highest BCUT2D eigenvalue weighted by molar-refractivity contribution is 5.94. The number of amides is 1. The summed E-state index contributed by atoms with van der Waals surface area (Å²) in [6, 6.07) is 8.78. The Kier molecular flexibility index (Phi) is 6.13. The molecule has 1 aromatic rings. The third kappa shape index (κ3) is 4.62. The average molecular weight is 344 g/mol. The minimum atomic E-state index is 0.203. The van der Waals surface area contributed by atoms with E-state index in [-0.39, 0.29) is 5.91 Å². The number of likely N-dealkylation sites (N-methyl/N-ethyl adjacent to an activating group) is 1. The van der Waals surface area contributed by atoms with Gasteiger partial charge in [-0.3, -0.25) is 9.69 Å². The SMILES string of the molecule is CCc1ccc(C(=O)N2CCC(CN3CCN(C)CC3C)CC2)cc1. The van der Waals surface area contributed by atoms with Crippen LogP contribution in [0, 0.1) is 5.92 Å². The molecule has 1 aromatic carbocycles. The van der Waals surface area contributed by atoms with Crippen molar-refractivity contribution in [3.8, 4) is 0 Å². The van der Waals surface area contributed by atoms with Crippen LogP contribution in [-0.4, -0.2) is 73.0 Å². The molecule has 1 amide bonds. The number of likely N-dealkylation sites (tertiary alicyclic amines) is 1. The molecule has 0 bridgehead atoms. The van der Waals surface area contributed by atoms with Gasteiger partial charge in [-0.1, -0.05) is 19.1 Å². The Bertz CT molecular complexity index is 563. The molecule has 2 heterocycles. The van der Waals surface area contributed by atoms with E-state index in [4.69, 9.17) is 0 Å². The summed E-state index contributed by atoms with van der Waals surface area (Å²) < 4.78 is 0. The first kappa shape index (κ1) is 18.4. The summed E-state index contributed by atoms with van der Waals surface area (Å²) in [5, 5.41) is 0. The summed E-state index contributed by atoms with van der Waals surface area (Å²) in [7, 11) is 2.21. The van der Waals surface area contributed by atoms with Crippen molar-refractivity contribution >= 4 is 5.91 Å². The number of aryl methyl sites for hydroxylation is 1. The van der Waals surface area contributed by atoms with E-state index in [1.54, 1.807) is 0 Å². The monoisotopic (exact) mass is 343 g/mol. The normalized spacial score (nSPS) is 23.8. The Labute approximate surface area is 152 Å². The first-order valence-electron chi connectivity index (χ1n) is 9.87. The van der Waals surface area contributed by atoms with Crippen LogP contribution in [0.1, 0.15) is 42.6 Å². The third-order valence-corrected chi connectivity index (χ3v) is 5.97. The van der Waals surface area contributed by atoms with Gasteiger partial charge < -0.3 is 9.80 Å². The lowest BCUT2D eigenvalue weighted by Crippen LogP contribution is -2.52. The number of carbonyl (C=O) groups is 1. The van der Waals surface area contributed by atoms with E-state index in [2.05, 4.69) is 42.8 Å². The zero-order valence-corrected chi connectivity index (χ0v) is 16.1. The number of hydrogen-bond donors (Lipinski definition) is 0. The molecule has 0 radical (unpaired) electrons. The van der Waals surface area contributed by atoms with Gasteiger partial charge in [0.05, 0.1) is 0 Å². The zero-order valence-electron chi connectivity index (χ0n) is 16.1. The van der Waals surface area contributed by atoms with Crippen molar-refractivity contribution in [2.24, 2.45) is 5.92 Å². The Morgan fingerprint density at radius 2 is 1.76 bits per heavy atom. The minimum Gasteiger partial charge on any atom is -0.339 e. The number of piperazine rings is 1. The molecule has 1 unspecified atom stereocenters. The molecule has 2 saturated heterocycles. The second-order valence-corrected chi connectivity index (χ2v) is 7.89. The van der Waals surface area contributed by atoms with Crippen LogP contribution in [0.25, 0.3) is 0 Å².